The first-order chi connectivity index (χ1) is 13.7. The predicted molar refractivity (Wildman–Crippen MR) is 105 cm³/mol. The van der Waals surface area contributed by atoms with Crippen molar-refractivity contribution in [2.24, 2.45) is 0 Å². The molecular weight excluding hydrogens is 378 g/mol. The van der Waals surface area contributed by atoms with E-state index in [-0.39, 0.29) is 11.4 Å². The molecular formula is C20H23N3O6. The molecule has 0 spiro atoms. The van der Waals surface area contributed by atoms with Gasteiger partial charge in [-0.1, -0.05) is 6.07 Å². The van der Waals surface area contributed by atoms with Crippen LogP contribution >= 0.6 is 0 Å². The lowest BCUT2D eigenvalue weighted by Crippen LogP contribution is -2.50. The van der Waals surface area contributed by atoms with Crippen molar-refractivity contribution >= 4 is 17.5 Å². The summed E-state index contributed by atoms with van der Waals surface area (Å²) in [4.78, 5) is 34.3. The number of carbonyl (C=O) groups is 2. The van der Waals surface area contributed by atoms with Gasteiger partial charge < -0.3 is 9.47 Å². The van der Waals surface area contributed by atoms with Crippen LogP contribution in [0, 0.1) is 24.0 Å². The molecule has 0 saturated heterocycles. The number of amides is 2. The molecule has 2 N–H and O–H groups in total. The number of aryl methyl sites for hydroxylation is 2. The van der Waals surface area contributed by atoms with Crippen molar-refractivity contribution in [2.75, 3.05) is 0 Å². The lowest BCUT2D eigenvalue weighted by atomic mass is 10.1. The maximum Gasteiger partial charge on any atom is 0.279 e. The van der Waals surface area contributed by atoms with Gasteiger partial charge in [0.15, 0.2) is 12.2 Å². The van der Waals surface area contributed by atoms with Crippen molar-refractivity contribution in [3.8, 4) is 11.5 Å². The van der Waals surface area contributed by atoms with Crippen LogP contribution in [-0.4, -0.2) is 28.9 Å². The number of nitrogens with one attached hydrogen (secondary N) is 2. The van der Waals surface area contributed by atoms with Crippen molar-refractivity contribution in [3.63, 3.8) is 0 Å². The van der Waals surface area contributed by atoms with Gasteiger partial charge in [-0.25, -0.2) is 0 Å². The third kappa shape index (κ3) is 6.20. The summed E-state index contributed by atoms with van der Waals surface area (Å²) in [7, 11) is 0. The summed E-state index contributed by atoms with van der Waals surface area (Å²) in [5.41, 5.74) is 6.63. The number of rotatable bonds is 7. The normalized spacial score (nSPS) is 12.4. The van der Waals surface area contributed by atoms with Gasteiger partial charge in [-0.3, -0.25) is 30.6 Å². The van der Waals surface area contributed by atoms with E-state index in [2.05, 4.69) is 10.9 Å². The molecule has 0 aromatic heterocycles. The van der Waals surface area contributed by atoms with Gasteiger partial charge in [-0.2, -0.15) is 0 Å². The monoisotopic (exact) mass is 401 g/mol. The molecule has 2 amide bonds. The van der Waals surface area contributed by atoms with Crippen LogP contribution < -0.4 is 20.3 Å². The number of nitro groups is 1. The molecule has 2 unspecified atom stereocenters. The zero-order chi connectivity index (χ0) is 21.6. The zero-order valence-electron chi connectivity index (χ0n) is 16.6. The van der Waals surface area contributed by atoms with E-state index < -0.39 is 28.9 Å². The van der Waals surface area contributed by atoms with E-state index >= 15 is 0 Å². The summed E-state index contributed by atoms with van der Waals surface area (Å²) >= 11 is 0. The molecule has 0 aliphatic carbocycles. The van der Waals surface area contributed by atoms with Crippen LogP contribution in [0.5, 0.6) is 11.5 Å². The van der Waals surface area contributed by atoms with Gasteiger partial charge in [-0.15, -0.1) is 0 Å². The van der Waals surface area contributed by atoms with Crippen LogP contribution in [0.15, 0.2) is 42.5 Å². The van der Waals surface area contributed by atoms with E-state index in [9.17, 15) is 19.7 Å². The molecule has 0 saturated carbocycles. The van der Waals surface area contributed by atoms with Crippen molar-refractivity contribution in [3.05, 3.63) is 63.7 Å². The predicted octanol–water partition coefficient (Wildman–Crippen LogP) is 2.59. The maximum absolute atomic E-state index is 12.1. The van der Waals surface area contributed by atoms with Gasteiger partial charge in [0, 0.05) is 12.1 Å². The number of hydrogen-bond acceptors (Lipinski definition) is 6. The number of carbonyl (C=O) groups excluding carboxylic acids is 2. The van der Waals surface area contributed by atoms with Crippen LogP contribution in [-0.2, 0) is 9.59 Å². The van der Waals surface area contributed by atoms with Crippen LogP contribution in [0.3, 0.4) is 0 Å². The lowest BCUT2D eigenvalue weighted by Gasteiger charge is -2.18. The van der Waals surface area contributed by atoms with Crippen molar-refractivity contribution in [2.45, 2.75) is 39.9 Å². The summed E-state index contributed by atoms with van der Waals surface area (Å²) < 4.78 is 11.0. The van der Waals surface area contributed by atoms with Gasteiger partial charge in [0.25, 0.3) is 17.5 Å². The van der Waals surface area contributed by atoms with Gasteiger partial charge in [0.1, 0.15) is 11.5 Å². The zero-order valence-corrected chi connectivity index (χ0v) is 16.6. The molecule has 0 aliphatic rings. The van der Waals surface area contributed by atoms with Crippen molar-refractivity contribution < 1.29 is 24.0 Å². The lowest BCUT2D eigenvalue weighted by molar-refractivity contribution is -0.384. The first-order valence-corrected chi connectivity index (χ1v) is 8.92. The quantitative estimate of drug-likeness (QED) is 0.544. The fraction of sp³-hybridized carbons (Fsp3) is 0.300. The number of hydrazine groups is 1. The highest BCUT2D eigenvalue weighted by atomic mass is 16.6. The SMILES string of the molecule is Cc1ccc(OC(C)C(=O)NNC(=O)C(C)Oc2ccc([N+](=O)[O-])cc2)cc1C. The van der Waals surface area contributed by atoms with Crippen molar-refractivity contribution in [1.82, 2.24) is 10.9 Å². The number of benzene rings is 2. The van der Waals surface area contributed by atoms with E-state index in [1.807, 2.05) is 26.0 Å². The third-order valence-corrected chi connectivity index (χ3v) is 4.20. The minimum atomic E-state index is -0.937. The number of nitro benzene ring substituents is 1. The minimum absolute atomic E-state index is 0.0838. The Morgan fingerprint density at radius 2 is 1.34 bits per heavy atom. The molecule has 9 nitrogen and oxygen atoms in total. The summed E-state index contributed by atoms with van der Waals surface area (Å²) in [6.45, 7) is 6.97. The van der Waals surface area contributed by atoms with Gasteiger partial charge in [-0.05, 0) is 63.1 Å². The Morgan fingerprint density at radius 3 is 1.83 bits per heavy atom. The molecule has 0 bridgehead atoms. The second kappa shape index (κ2) is 9.54. The largest absolute Gasteiger partial charge is 0.481 e. The Kier molecular flexibility index (Phi) is 7.13. The molecule has 2 aromatic rings. The van der Waals surface area contributed by atoms with E-state index in [4.69, 9.17) is 9.47 Å². The maximum atomic E-state index is 12.1. The Bertz CT molecular complexity index is 898. The molecule has 0 fully saturated rings. The van der Waals surface area contributed by atoms with E-state index in [1.165, 1.54) is 31.2 Å². The molecule has 154 valence electrons. The van der Waals surface area contributed by atoms with Crippen LogP contribution in [0.4, 0.5) is 5.69 Å². The summed E-state index contributed by atoms with van der Waals surface area (Å²) in [5, 5.41) is 10.6. The molecule has 9 heteroatoms. The molecule has 0 radical (unpaired) electrons. The third-order valence-electron chi connectivity index (χ3n) is 4.20. The summed E-state index contributed by atoms with van der Waals surface area (Å²) in [6, 6.07) is 10.8. The Morgan fingerprint density at radius 1 is 0.862 bits per heavy atom. The Balaban J connectivity index is 1.82. The fourth-order valence-electron chi connectivity index (χ4n) is 2.28. The second-order valence-corrected chi connectivity index (χ2v) is 6.50. The Hall–Kier alpha value is -3.62. The molecule has 29 heavy (non-hydrogen) atoms. The average Bonchev–Trinajstić information content (AvgIpc) is 2.68. The number of non-ortho nitro benzene ring substituents is 1. The minimum Gasteiger partial charge on any atom is -0.481 e. The van der Waals surface area contributed by atoms with Gasteiger partial charge in [0.2, 0.25) is 0 Å². The Labute approximate surface area is 168 Å². The van der Waals surface area contributed by atoms with E-state index in [0.29, 0.717) is 5.75 Å². The first-order valence-electron chi connectivity index (χ1n) is 8.92. The highest BCUT2D eigenvalue weighted by molar-refractivity contribution is 5.86. The van der Waals surface area contributed by atoms with E-state index in [0.717, 1.165) is 11.1 Å². The van der Waals surface area contributed by atoms with Crippen LogP contribution in [0.2, 0.25) is 0 Å². The number of nitrogens with zero attached hydrogens (tertiary/aromatic N) is 1. The van der Waals surface area contributed by atoms with Crippen LogP contribution in [0.1, 0.15) is 25.0 Å². The topological polar surface area (TPSA) is 120 Å². The molecule has 2 atom stereocenters. The summed E-state index contributed by atoms with van der Waals surface area (Å²) in [6.07, 6.45) is -1.77. The number of ether oxygens (including phenoxy) is 2. The van der Waals surface area contributed by atoms with Gasteiger partial charge in [0.05, 0.1) is 4.92 Å². The standard InChI is InChI=1S/C20H23N3O6/c1-12-5-8-18(11-13(12)2)29-15(4)20(25)22-21-19(24)14(3)28-17-9-6-16(7-10-17)23(26)27/h5-11,14-15H,1-4H3,(H,21,24)(H,22,25). The highest BCUT2D eigenvalue weighted by Gasteiger charge is 2.19. The second-order valence-electron chi connectivity index (χ2n) is 6.50. The smallest absolute Gasteiger partial charge is 0.279 e. The van der Waals surface area contributed by atoms with Crippen molar-refractivity contribution in [1.29, 1.82) is 0 Å². The number of hydrogen-bond donors (Lipinski definition) is 2. The highest BCUT2D eigenvalue weighted by Crippen LogP contribution is 2.19. The van der Waals surface area contributed by atoms with Crippen LogP contribution in [0.25, 0.3) is 0 Å². The average molecular weight is 401 g/mol. The summed E-state index contributed by atoms with van der Waals surface area (Å²) in [5.74, 6) is -0.276. The van der Waals surface area contributed by atoms with Gasteiger partial charge >= 0.3 is 0 Å². The molecule has 2 aromatic carbocycles. The first kappa shape index (κ1) is 21.7. The fourth-order valence-corrected chi connectivity index (χ4v) is 2.28. The molecule has 0 aliphatic heterocycles. The molecule has 2 rings (SSSR count). The van der Waals surface area contributed by atoms with E-state index in [1.54, 1.807) is 13.0 Å². The molecule has 0 heterocycles.